The fraction of sp³-hybridized carbons (Fsp3) is 0.133. The smallest absolute Gasteiger partial charge is 0.105 e. The van der Waals surface area contributed by atoms with E-state index in [4.69, 9.17) is 29.6 Å². The summed E-state index contributed by atoms with van der Waals surface area (Å²) >= 11 is 11.1. The van der Waals surface area contributed by atoms with Crippen LogP contribution in [0.3, 0.4) is 0 Å². The third kappa shape index (κ3) is 3.21. The first kappa shape index (κ1) is 14.6. The highest BCUT2D eigenvalue weighted by Gasteiger charge is 2.07. The van der Waals surface area contributed by atoms with Crippen molar-refractivity contribution in [3.8, 4) is 0 Å². The van der Waals surface area contributed by atoms with Crippen molar-refractivity contribution in [1.82, 2.24) is 0 Å². The van der Waals surface area contributed by atoms with Gasteiger partial charge in [0.2, 0.25) is 0 Å². The molecule has 0 fully saturated rings. The number of anilines is 3. The molecule has 0 unspecified atom stereocenters. The number of nitrogens with two attached hydrogens (primary N) is 1. The zero-order valence-corrected chi connectivity index (χ0v) is 12.9. The van der Waals surface area contributed by atoms with Gasteiger partial charge in [-0.15, -0.1) is 0 Å². The minimum absolute atomic E-state index is 0.301. The molecule has 2 aromatic rings. The maximum absolute atomic E-state index is 6.18. The van der Waals surface area contributed by atoms with E-state index in [-0.39, 0.29) is 0 Å². The van der Waals surface area contributed by atoms with E-state index in [0.717, 1.165) is 17.1 Å². The van der Waals surface area contributed by atoms with E-state index in [1.54, 1.807) is 0 Å². The van der Waals surface area contributed by atoms with Gasteiger partial charge in [-0.05, 0) is 30.3 Å². The summed E-state index contributed by atoms with van der Waals surface area (Å²) in [4.78, 5) is 2.35. The van der Waals surface area contributed by atoms with Crippen molar-refractivity contribution in [1.29, 1.82) is 0 Å². The highest BCUT2D eigenvalue weighted by Crippen LogP contribution is 2.29. The number of benzene rings is 2. The maximum atomic E-state index is 6.18. The number of halogens is 1. The lowest BCUT2D eigenvalue weighted by molar-refractivity contribution is 1.13. The van der Waals surface area contributed by atoms with E-state index in [9.17, 15) is 0 Å². The lowest BCUT2D eigenvalue weighted by Crippen LogP contribution is -2.11. The van der Waals surface area contributed by atoms with Crippen molar-refractivity contribution in [2.45, 2.75) is 0 Å². The van der Waals surface area contributed by atoms with Gasteiger partial charge >= 0.3 is 0 Å². The predicted octanol–water partition coefficient (Wildman–Crippen LogP) is 3.78. The molecule has 104 valence electrons. The summed E-state index contributed by atoms with van der Waals surface area (Å²) in [7, 11) is 4.01. The van der Waals surface area contributed by atoms with E-state index in [1.165, 1.54) is 0 Å². The molecule has 0 amide bonds. The molecule has 3 nitrogen and oxygen atoms in total. The van der Waals surface area contributed by atoms with Gasteiger partial charge in [-0.25, -0.2) is 0 Å². The van der Waals surface area contributed by atoms with Gasteiger partial charge in [-0.3, -0.25) is 0 Å². The molecule has 2 rings (SSSR count). The van der Waals surface area contributed by atoms with Gasteiger partial charge in [-0.1, -0.05) is 36.0 Å². The molecule has 0 atom stereocenters. The SMILES string of the molecule is CN(C)c1ccccc1Nc1ccc(C(N)=S)c(Cl)c1. The molecule has 0 saturated heterocycles. The third-order valence-corrected chi connectivity index (χ3v) is 3.43. The fourth-order valence-electron chi connectivity index (χ4n) is 1.92. The Morgan fingerprint density at radius 3 is 2.50 bits per heavy atom. The largest absolute Gasteiger partial charge is 0.389 e. The van der Waals surface area contributed by atoms with Gasteiger partial charge in [0.15, 0.2) is 0 Å². The second kappa shape index (κ2) is 6.11. The normalized spacial score (nSPS) is 10.2. The molecule has 3 N–H and O–H groups in total. The number of rotatable bonds is 4. The van der Waals surface area contributed by atoms with Crippen LogP contribution in [-0.4, -0.2) is 19.1 Å². The molecule has 0 radical (unpaired) electrons. The van der Waals surface area contributed by atoms with Crippen LogP contribution < -0.4 is 16.0 Å². The number of thiocarbonyl (C=S) groups is 1. The summed E-state index contributed by atoms with van der Waals surface area (Å²) in [5.41, 5.74) is 9.29. The van der Waals surface area contributed by atoms with Crippen LogP contribution in [-0.2, 0) is 0 Å². The van der Waals surface area contributed by atoms with E-state index in [1.807, 2.05) is 61.5 Å². The number of nitrogens with one attached hydrogen (secondary N) is 1. The molecular weight excluding hydrogens is 290 g/mol. The fourth-order valence-corrected chi connectivity index (χ4v) is 2.43. The Hall–Kier alpha value is -1.78. The first-order valence-electron chi connectivity index (χ1n) is 6.12. The van der Waals surface area contributed by atoms with Gasteiger partial charge in [0.25, 0.3) is 0 Å². The Balaban J connectivity index is 2.31. The highest BCUT2D eigenvalue weighted by atomic mass is 35.5. The molecule has 2 aromatic carbocycles. The monoisotopic (exact) mass is 305 g/mol. The van der Waals surface area contributed by atoms with Crippen molar-refractivity contribution in [3.05, 3.63) is 53.1 Å². The minimum atomic E-state index is 0.301. The number of nitrogens with zero attached hydrogens (tertiary/aromatic N) is 1. The lowest BCUT2D eigenvalue weighted by Gasteiger charge is -2.18. The quantitative estimate of drug-likeness (QED) is 0.843. The summed E-state index contributed by atoms with van der Waals surface area (Å²) in [5, 5.41) is 3.90. The maximum Gasteiger partial charge on any atom is 0.105 e. The first-order chi connectivity index (χ1) is 9.49. The lowest BCUT2D eigenvalue weighted by atomic mass is 10.2. The summed E-state index contributed by atoms with van der Waals surface area (Å²) in [6, 6.07) is 13.6. The second-order valence-electron chi connectivity index (χ2n) is 4.60. The van der Waals surface area contributed by atoms with Gasteiger partial charge in [0.05, 0.1) is 16.4 Å². The van der Waals surface area contributed by atoms with Crippen LogP contribution in [0.1, 0.15) is 5.56 Å². The van der Waals surface area contributed by atoms with Gasteiger partial charge in [0, 0.05) is 25.3 Å². The van der Waals surface area contributed by atoms with Crippen LogP contribution in [0.2, 0.25) is 5.02 Å². The van der Waals surface area contributed by atoms with Crippen LogP contribution in [0.4, 0.5) is 17.1 Å². The van der Waals surface area contributed by atoms with Crippen molar-refractivity contribution >= 4 is 45.9 Å². The van der Waals surface area contributed by atoms with Crippen molar-refractivity contribution < 1.29 is 0 Å². The first-order valence-corrected chi connectivity index (χ1v) is 6.90. The number of para-hydroxylation sites is 2. The van der Waals surface area contributed by atoms with Crippen LogP contribution in [0, 0.1) is 0 Å². The summed E-state index contributed by atoms with van der Waals surface area (Å²) < 4.78 is 0. The van der Waals surface area contributed by atoms with Gasteiger partial charge in [0.1, 0.15) is 4.99 Å². The van der Waals surface area contributed by atoms with Crippen molar-refractivity contribution in [2.75, 3.05) is 24.3 Å². The van der Waals surface area contributed by atoms with Gasteiger partial charge in [-0.2, -0.15) is 0 Å². The van der Waals surface area contributed by atoms with Gasteiger partial charge < -0.3 is 16.0 Å². The molecule has 0 aliphatic heterocycles. The van der Waals surface area contributed by atoms with E-state index in [0.29, 0.717) is 15.6 Å². The van der Waals surface area contributed by atoms with Crippen molar-refractivity contribution in [3.63, 3.8) is 0 Å². The van der Waals surface area contributed by atoms with E-state index >= 15 is 0 Å². The molecule has 0 aliphatic rings. The topological polar surface area (TPSA) is 41.3 Å². The van der Waals surface area contributed by atoms with E-state index in [2.05, 4.69) is 5.32 Å². The molecule has 0 bridgehead atoms. The number of hydrogen-bond acceptors (Lipinski definition) is 3. The molecular formula is C15H16ClN3S. The Morgan fingerprint density at radius 1 is 1.20 bits per heavy atom. The van der Waals surface area contributed by atoms with Crippen LogP contribution in [0.5, 0.6) is 0 Å². The number of hydrogen-bond donors (Lipinski definition) is 2. The zero-order valence-electron chi connectivity index (χ0n) is 11.4. The predicted molar refractivity (Wildman–Crippen MR) is 91.4 cm³/mol. The Kier molecular flexibility index (Phi) is 4.47. The Morgan fingerprint density at radius 2 is 1.90 bits per heavy atom. The molecule has 0 saturated carbocycles. The molecule has 20 heavy (non-hydrogen) atoms. The van der Waals surface area contributed by atoms with Crippen LogP contribution in [0.15, 0.2) is 42.5 Å². The minimum Gasteiger partial charge on any atom is -0.389 e. The third-order valence-electron chi connectivity index (χ3n) is 2.90. The standard InChI is InChI=1S/C15H16ClN3S/c1-19(2)14-6-4-3-5-13(14)18-10-7-8-11(15(17)20)12(16)9-10/h3-9,18H,1-2H3,(H2,17,20). The summed E-state index contributed by atoms with van der Waals surface area (Å²) in [5.74, 6) is 0. The molecule has 5 heteroatoms. The zero-order chi connectivity index (χ0) is 14.7. The van der Waals surface area contributed by atoms with E-state index < -0.39 is 0 Å². The van der Waals surface area contributed by atoms with Crippen LogP contribution >= 0.6 is 23.8 Å². The Bertz CT molecular complexity index is 641. The molecule has 0 heterocycles. The average Bonchev–Trinajstić information content (AvgIpc) is 2.38. The molecule has 0 aromatic heterocycles. The highest BCUT2D eigenvalue weighted by molar-refractivity contribution is 7.80. The van der Waals surface area contributed by atoms with Crippen LogP contribution in [0.25, 0.3) is 0 Å². The Labute approximate surface area is 129 Å². The van der Waals surface area contributed by atoms with Crippen molar-refractivity contribution in [2.24, 2.45) is 5.73 Å². The summed E-state index contributed by atoms with van der Waals surface area (Å²) in [6.45, 7) is 0. The molecule has 0 aliphatic carbocycles. The second-order valence-corrected chi connectivity index (χ2v) is 5.44. The average molecular weight is 306 g/mol. The molecule has 0 spiro atoms. The summed E-state index contributed by atoms with van der Waals surface area (Å²) in [6.07, 6.45) is 0.